The maximum Gasteiger partial charge on any atom is 0.322 e. The summed E-state index contributed by atoms with van der Waals surface area (Å²) in [5.74, 6) is 0.649. The molecule has 4 aliphatic rings. The van der Waals surface area contributed by atoms with Crippen molar-refractivity contribution in [3.63, 3.8) is 0 Å². The fraction of sp³-hybridized carbons (Fsp3) is 0.647. The number of nitrogens with zero attached hydrogens (tertiary/aromatic N) is 2. The lowest BCUT2D eigenvalue weighted by Crippen LogP contribution is -2.63. The Hall–Kier alpha value is -1.82. The largest absolute Gasteiger partial charge is 0.474 e. The number of piperidine rings is 2. The van der Waals surface area contributed by atoms with E-state index in [1.807, 2.05) is 17.0 Å². The van der Waals surface area contributed by atoms with Crippen molar-refractivity contribution >= 4 is 11.7 Å². The first kappa shape index (κ1) is 14.8. The zero-order valence-electron chi connectivity index (χ0n) is 13.3. The molecule has 1 saturated carbocycles. The van der Waals surface area contributed by atoms with Crippen LogP contribution in [0.15, 0.2) is 18.3 Å². The number of urea groups is 1. The lowest BCUT2D eigenvalue weighted by molar-refractivity contribution is 0.106. The number of hydrogen-bond acceptors (Lipinski definition) is 4. The van der Waals surface area contributed by atoms with Crippen molar-refractivity contribution < 1.29 is 9.53 Å². The third-order valence-electron chi connectivity index (χ3n) is 5.19. The van der Waals surface area contributed by atoms with Gasteiger partial charge in [-0.15, -0.1) is 0 Å². The molecule has 3 saturated heterocycles. The number of aromatic nitrogens is 1. The van der Waals surface area contributed by atoms with E-state index in [2.05, 4.69) is 15.6 Å². The number of amides is 2. The molecule has 2 amide bonds. The predicted molar refractivity (Wildman–Crippen MR) is 87.7 cm³/mol. The number of carbonyl (C=O) groups excluding carboxylic acids is 1. The van der Waals surface area contributed by atoms with E-state index in [0.717, 1.165) is 38.0 Å². The summed E-state index contributed by atoms with van der Waals surface area (Å²) in [4.78, 5) is 18.7. The SMILES string of the molecule is O=C(Nc1ccc(OC2CCCC2)nc1)N1CC2CCC1CN2. The molecular formula is C17H24N4O2. The van der Waals surface area contributed by atoms with Crippen molar-refractivity contribution in [3.05, 3.63) is 18.3 Å². The van der Waals surface area contributed by atoms with Crippen molar-refractivity contribution in [2.75, 3.05) is 18.4 Å². The topological polar surface area (TPSA) is 66.5 Å². The van der Waals surface area contributed by atoms with E-state index >= 15 is 0 Å². The number of pyridine rings is 1. The van der Waals surface area contributed by atoms with Gasteiger partial charge in [-0.1, -0.05) is 0 Å². The summed E-state index contributed by atoms with van der Waals surface area (Å²) in [6, 6.07) is 4.46. The molecule has 6 nitrogen and oxygen atoms in total. The van der Waals surface area contributed by atoms with Gasteiger partial charge in [-0.05, 0) is 44.6 Å². The van der Waals surface area contributed by atoms with E-state index in [1.165, 1.54) is 19.3 Å². The molecule has 6 heteroatoms. The maximum atomic E-state index is 12.4. The zero-order valence-corrected chi connectivity index (χ0v) is 13.3. The number of anilines is 1. The van der Waals surface area contributed by atoms with Gasteiger partial charge in [-0.2, -0.15) is 0 Å². The second-order valence-corrected chi connectivity index (χ2v) is 6.83. The van der Waals surface area contributed by atoms with E-state index in [0.29, 0.717) is 24.1 Å². The molecule has 0 spiro atoms. The quantitative estimate of drug-likeness (QED) is 0.898. The van der Waals surface area contributed by atoms with Crippen molar-refractivity contribution in [1.82, 2.24) is 15.2 Å². The molecule has 1 aromatic rings. The molecule has 2 atom stereocenters. The minimum Gasteiger partial charge on any atom is -0.474 e. The van der Waals surface area contributed by atoms with Crippen molar-refractivity contribution in [3.8, 4) is 5.88 Å². The Labute approximate surface area is 136 Å². The number of fused-ring (bicyclic) bond motifs is 3. The summed E-state index contributed by atoms with van der Waals surface area (Å²) in [5.41, 5.74) is 0.725. The monoisotopic (exact) mass is 316 g/mol. The summed E-state index contributed by atoms with van der Waals surface area (Å²) in [5, 5.41) is 6.42. The van der Waals surface area contributed by atoms with Crippen LogP contribution in [0.1, 0.15) is 38.5 Å². The highest BCUT2D eigenvalue weighted by atomic mass is 16.5. The molecule has 3 aliphatic heterocycles. The van der Waals surface area contributed by atoms with Crippen LogP contribution in [0.4, 0.5) is 10.5 Å². The number of rotatable bonds is 3. The summed E-state index contributed by atoms with van der Waals surface area (Å²) >= 11 is 0. The Bertz CT molecular complexity index is 548. The average Bonchev–Trinajstić information content (AvgIpc) is 3.10. The first-order valence-corrected chi connectivity index (χ1v) is 8.71. The van der Waals surface area contributed by atoms with Crippen molar-refractivity contribution in [2.45, 2.75) is 56.7 Å². The van der Waals surface area contributed by atoms with Crippen LogP contribution in [0.25, 0.3) is 0 Å². The molecule has 4 heterocycles. The van der Waals surface area contributed by atoms with Gasteiger partial charge in [-0.3, -0.25) is 0 Å². The lowest BCUT2D eigenvalue weighted by atomic mass is 9.93. The fourth-order valence-corrected chi connectivity index (χ4v) is 3.85. The smallest absolute Gasteiger partial charge is 0.322 e. The Morgan fingerprint density at radius 3 is 2.74 bits per heavy atom. The van der Waals surface area contributed by atoms with Crippen LogP contribution in [0.2, 0.25) is 0 Å². The standard InChI is InChI=1S/C17H24N4O2/c22-17(21-11-13-5-7-14(21)10-18-13)20-12-6-8-16(19-9-12)23-15-3-1-2-4-15/h6,8-9,13-15,18H,1-5,7,10-11H2,(H,20,22). The maximum absolute atomic E-state index is 12.4. The summed E-state index contributed by atoms with van der Waals surface area (Å²) < 4.78 is 5.85. The zero-order chi connectivity index (χ0) is 15.6. The molecule has 124 valence electrons. The minimum atomic E-state index is -0.0209. The van der Waals surface area contributed by atoms with Gasteiger partial charge in [0.05, 0.1) is 11.9 Å². The second-order valence-electron chi connectivity index (χ2n) is 6.83. The summed E-state index contributed by atoms with van der Waals surface area (Å²) in [6.07, 6.45) is 8.97. The Balaban J connectivity index is 1.34. The highest BCUT2D eigenvalue weighted by Crippen LogP contribution is 2.25. The van der Waals surface area contributed by atoms with Crippen LogP contribution in [0, 0.1) is 0 Å². The third kappa shape index (κ3) is 3.27. The molecule has 1 aliphatic carbocycles. The molecule has 2 unspecified atom stereocenters. The van der Waals surface area contributed by atoms with Gasteiger partial charge in [0.25, 0.3) is 0 Å². The van der Waals surface area contributed by atoms with Gasteiger partial charge in [0, 0.05) is 31.2 Å². The predicted octanol–water partition coefficient (Wildman–Crippen LogP) is 2.37. The van der Waals surface area contributed by atoms with E-state index < -0.39 is 0 Å². The Morgan fingerprint density at radius 1 is 1.26 bits per heavy atom. The third-order valence-corrected chi connectivity index (χ3v) is 5.19. The molecule has 2 N–H and O–H groups in total. The van der Waals surface area contributed by atoms with Gasteiger partial charge < -0.3 is 20.3 Å². The highest BCUT2D eigenvalue weighted by Gasteiger charge is 2.36. The normalized spacial score (nSPS) is 27.2. The number of hydrogen-bond donors (Lipinski definition) is 2. The first-order valence-electron chi connectivity index (χ1n) is 8.71. The molecular weight excluding hydrogens is 292 g/mol. The van der Waals surface area contributed by atoms with E-state index in [4.69, 9.17) is 4.74 Å². The number of nitrogens with one attached hydrogen (secondary N) is 2. The first-order chi connectivity index (χ1) is 11.3. The van der Waals surface area contributed by atoms with Crippen molar-refractivity contribution in [1.29, 1.82) is 0 Å². The molecule has 5 rings (SSSR count). The second kappa shape index (κ2) is 6.35. The molecule has 0 radical (unpaired) electrons. The molecule has 1 aromatic heterocycles. The van der Waals surface area contributed by atoms with Gasteiger partial charge in [0.2, 0.25) is 5.88 Å². The van der Waals surface area contributed by atoms with Gasteiger partial charge >= 0.3 is 6.03 Å². The van der Waals surface area contributed by atoms with E-state index in [-0.39, 0.29) is 6.03 Å². The van der Waals surface area contributed by atoms with Crippen LogP contribution < -0.4 is 15.4 Å². The molecule has 0 aromatic carbocycles. The van der Waals surface area contributed by atoms with Crippen LogP contribution in [-0.4, -0.2) is 47.2 Å². The number of piperazine rings is 1. The van der Waals surface area contributed by atoms with Crippen LogP contribution >= 0.6 is 0 Å². The van der Waals surface area contributed by atoms with Gasteiger partial charge in [0.1, 0.15) is 6.10 Å². The summed E-state index contributed by atoms with van der Waals surface area (Å²) in [6.45, 7) is 1.71. The number of ether oxygens (including phenoxy) is 1. The number of carbonyl (C=O) groups is 1. The molecule has 23 heavy (non-hydrogen) atoms. The Morgan fingerprint density at radius 2 is 2.13 bits per heavy atom. The van der Waals surface area contributed by atoms with Crippen molar-refractivity contribution in [2.24, 2.45) is 0 Å². The minimum absolute atomic E-state index is 0.0209. The molecule has 2 bridgehead atoms. The van der Waals surface area contributed by atoms with Crippen LogP contribution in [-0.2, 0) is 0 Å². The molecule has 4 fully saturated rings. The van der Waals surface area contributed by atoms with Gasteiger partial charge in [0.15, 0.2) is 0 Å². The summed E-state index contributed by atoms with van der Waals surface area (Å²) in [7, 11) is 0. The Kier molecular flexibility index (Phi) is 4.08. The van der Waals surface area contributed by atoms with Gasteiger partial charge in [-0.25, -0.2) is 9.78 Å². The van der Waals surface area contributed by atoms with E-state index in [9.17, 15) is 4.79 Å². The van der Waals surface area contributed by atoms with Crippen LogP contribution in [0.3, 0.4) is 0 Å². The fourth-order valence-electron chi connectivity index (χ4n) is 3.85. The van der Waals surface area contributed by atoms with Crippen LogP contribution in [0.5, 0.6) is 5.88 Å². The lowest BCUT2D eigenvalue weighted by Gasteiger charge is -2.45. The average molecular weight is 316 g/mol. The highest BCUT2D eigenvalue weighted by molar-refractivity contribution is 5.89. The van der Waals surface area contributed by atoms with E-state index in [1.54, 1.807) is 6.20 Å².